The van der Waals surface area contributed by atoms with Gasteiger partial charge in [-0.05, 0) is 42.7 Å². The molecule has 1 fully saturated rings. The van der Waals surface area contributed by atoms with Crippen LogP contribution in [0.5, 0.6) is 0 Å². The van der Waals surface area contributed by atoms with Crippen LogP contribution in [0.2, 0.25) is 0 Å². The highest BCUT2D eigenvalue weighted by Crippen LogP contribution is 2.29. The fraction of sp³-hybridized carbons (Fsp3) is 0.300. The normalized spacial score (nSPS) is 16.2. The third kappa shape index (κ3) is 4.20. The Morgan fingerprint density at radius 2 is 1.86 bits per heavy atom. The van der Waals surface area contributed by atoms with Crippen molar-refractivity contribution in [3.8, 4) is 11.1 Å². The van der Waals surface area contributed by atoms with Crippen LogP contribution in [-0.4, -0.2) is 48.1 Å². The maximum Gasteiger partial charge on any atom is 0.211 e. The lowest BCUT2D eigenvalue weighted by molar-refractivity contribution is 0.331. The number of anilines is 1. The molecule has 1 aromatic carbocycles. The predicted octanol–water partition coefficient (Wildman–Crippen LogP) is 3.41. The number of aromatic nitrogens is 2. The van der Waals surface area contributed by atoms with E-state index in [1.54, 1.807) is 24.3 Å². The van der Waals surface area contributed by atoms with Gasteiger partial charge in [0.25, 0.3) is 0 Å². The Labute approximate surface area is 167 Å². The molecule has 4 rings (SSSR count). The number of hydrogen-bond acceptors (Lipinski definition) is 5. The molecule has 0 bridgehead atoms. The van der Waals surface area contributed by atoms with E-state index in [9.17, 15) is 17.2 Å². The molecule has 1 N–H and O–H groups in total. The SMILES string of the molecule is CS(=O)(=O)N1CCC(Nc2cc(-c3cc(F)c4ncccc4c3)c(F)cn2)CC1. The standard InChI is InChI=1S/C20H20F2N4O2S/c1-29(27,28)26-7-4-15(5-8-26)25-19-11-16(18(22)12-24-19)14-9-13-3-2-6-23-20(13)17(21)10-14/h2-3,6,9-12,15H,4-5,7-8H2,1H3,(H,24,25). The van der Waals surface area contributed by atoms with Gasteiger partial charge in [0, 0.05) is 36.3 Å². The largest absolute Gasteiger partial charge is 0.367 e. The topological polar surface area (TPSA) is 75.2 Å². The Balaban J connectivity index is 1.58. The summed E-state index contributed by atoms with van der Waals surface area (Å²) >= 11 is 0. The molecule has 0 unspecified atom stereocenters. The molecule has 6 nitrogen and oxygen atoms in total. The monoisotopic (exact) mass is 418 g/mol. The molecule has 2 aromatic heterocycles. The van der Waals surface area contributed by atoms with Crippen molar-refractivity contribution in [2.75, 3.05) is 24.7 Å². The van der Waals surface area contributed by atoms with Crippen LogP contribution >= 0.6 is 0 Å². The minimum Gasteiger partial charge on any atom is -0.367 e. The summed E-state index contributed by atoms with van der Waals surface area (Å²) < 4.78 is 53.5. The van der Waals surface area contributed by atoms with Crippen LogP contribution in [0.1, 0.15) is 12.8 Å². The molecule has 0 radical (unpaired) electrons. The maximum atomic E-state index is 14.4. The van der Waals surface area contributed by atoms with E-state index in [1.165, 1.54) is 22.8 Å². The number of rotatable bonds is 4. The Hall–Kier alpha value is -2.65. The zero-order valence-electron chi connectivity index (χ0n) is 15.8. The van der Waals surface area contributed by atoms with Gasteiger partial charge in [-0.25, -0.2) is 26.5 Å². The summed E-state index contributed by atoms with van der Waals surface area (Å²) in [5.74, 6) is -0.604. The van der Waals surface area contributed by atoms with E-state index < -0.39 is 21.7 Å². The van der Waals surface area contributed by atoms with Crippen LogP contribution in [-0.2, 0) is 10.0 Å². The van der Waals surface area contributed by atoms with Gasteiger partial charge in [-0.3, -0.25) is 4.98 Å². The highest BCUT2D eigenvalue weighted by molar-refractivity contribution is 7.88. The Morgan fingerprint density at radius 3 is 2.59 bits per heavy atom. The molecule has 0 amide bonds. The molecule has 1 aliphatic rings. The third-order valence-electron chi connectivity index (χ3n) is 5.10. The first-order valence-electron chi connectivity index (χ1n) is 9.23. The Bertz CT molecular complexity index is 1160. The first kappa shape index (κ1) is 19.7. The molecule has 1 aliphatic heterocycles. The van der Waals surface area contributed by atoms with Crippen LogP contribution in [0.15, 0.2) is 42.7 Å². The fourth-order valence-electron chi connectivity index (χ4n) is 3.58. The minimum atomic E-state index is -3.19. The molecular formula is C20H20F2N4O2S. The van der Waals surface area contributed by atoms with Crippen LogP contribution in [0, 0.1) is 11.6 Å². The van der Waals surface area contributed by atoms with Gasteiger partial charge < -0.3 is 5.32 Å². The summed E-state index contributed by atoms with van der Waals surface area (Å²) in [4.78, 5) is 8.10. The Kier molecular flexibility index (Phi) is 5.18. The van der Waals surface area contributed by atoms with Crippen LogP contribution < -0.4 is 5.32 Å². The van der Waals surface area contributed by atoms with Gasteiger partial charge in [0.1, 0.15) is 23.0 Å². The van der Waals surface area contributed by atoms with Gasteiger partial charge in [0.15, 0.2) is 0 Å². The van der Waals surface area contributed by atoms with E-state index in [2.05, 4.69) is 15.3 Å². The van der Waals surface area contributed by atoms with Crippen molar-refractivity contribution in [3.63, 3.8) is 0 Å². The zero-order chi connectivity index (χ0) is 20.6. The number of piperidine rings is 1. The van der Waals surface area contributed by atoms with Crippen molar-refractivity contribution in [1.29, 1.82) is 0 Å². The molecule has 1 saturated heterocycles. The highest BCUT2D eigenvalue weighted by Gasteiger charge is 2.25. The number of halogens is 2. The van der Waals surface area contributed by atoms with Gasteiger partial charge in [0.2, 0.25) is 10.0 Å². The Morgan fingerprint density at radius 1 is 1.10 bits per heavy atom. The number of fused-ring (bicyclic) bond motifs is 1. The van der Waals surface area contributed by atoms with Crippen LogP contribution in [0.3, 0.4) is 0 Å². The number of hydrogen-bond donors (Lipinski definition) is 1. The summed E-state index contributed by atoms with van der Waals surface area (Å²) in [6.45, 7) is 0.848. The lowest BCUT2D eigenvalue weighted by Gasteiger charge is -2.31. The molecule has 152 valence electrons. The van der Waals surface area contributed by atoms with E-state index >= 15 is 0 Å². The number of pyridine rings is 2. The van der Waals surface area contributed by atoms with E-state index in [0.717, 1.165) is 6.20 Å². The number of nitrogens with zero attached hydrogens (tertiary/aromatic N) is 3. The smallest absolute Gasteiger partial charge is 0.211 e. The van der Waals surface area contributed by atoms with Gasteiger partial charge in [-0.15, -0.1) is 0 Å². The lowest BCUT2D eigenvalue weighted by atomic mass is 10.0. The van der Waals surface area contributed by atoms with Gasteiger partial charge in [-0.1, -0.05) is 6.07 Å². The number of nitrogens with one attached hydrogen (secondary N) is 1. The zero-order valence-corrected chi connectivity index (χ0v) is 16.6. The third-order valence-corrected chi connectivity index (χ3v) is 6.40. The molecule has 0 aliphatic carbocycles. The van der Waals surface area contributed by atoms with Crippen LogP contribution in [0.25, 0.3) is 22.0 Å². The first-order chi connectivity index (χ1) is 13.8. The highest BCUT2D eigenvalue weighted by atomic mass is 32.2. The number of benzene rings is 1. The molecule has 0 atom stereocenters. The predicted molar refractivity (Wildman–Crippen MR) is 108 cm³/mol. The molecular weight excluding hydrogens is 398 g/mol. The average molecular weight is 418 g/mol. The van der Waals surface area contributed by atoms with E-state index in [1.807, 2.05) is 0 Å². The number of sulfonamides is 1. The van der Waals surface area contributed by atoms with Gasteiger partial charge in [-0.2, -0.15) is 0 Å². The maximum absolute atomic E-state index is 14.4. The molecule has 3 heterocycles. The summed E-state index contributed by atoms with van der Waals surface area (Å²) in [6.07, 6.45) is 5.06. The summed E-state index contributed by atoms with van der Waals surface area (Å²) in [6, 6.07) is 7.96. The minimum absolute atomic E-state index is 0.0244. The molecule has 9 heteroatoms. The molecule has 29 heavy (non-hydrogen) atoms. The molecule has 0 spiro atoms. The lowest BCUT2D eigenvalue weighted by Crippen LogP contribution is -2.41. The second kappa shape index (κ2) is 7.64. The average Bonchev–Trinajstić information content (AvgIpc) is 2.69. The van der Waals surface area contributed by atoms with Crippen molar-refractivity contribution < 1.29 is 17.2 Å². The second-order valence-corrected chi connectivity index (χ2v) is 9.15. The first-order valence-corrected chi connectivity index (χ1v) is 11.1. The van der Waals surface area contributed by atoms with E-state index in [0.29, 0.717) is 42.7 Å². The van der Waals surface area contributed by atoms with Crippen molar-refractivity contribution in [2.24, 2.45) is 0 Å². The second-order valence-electron chi connectivity index (χ2n) is 7.16. The van der Waals surface area contributed by atoms with Gasteiger partial charge in [0.05, 0.1) is 12.5 Å². The quantitative estimate of drug-likeness (QED) is 0.703. The summed E-state index contributed by atoms with van der Waals surface area (Å²) in [5.41, 5.74) is 0.875. The molecule has 3 aromatic rings. The fourth-order valence-corrected chi connectivity index (χ4v) is 4.46. The van der Waals surface area contributed by atoms with E-state index in [4.69, 9.17) is 0 Å². The summed E-state index contributed by atoms with van der Waals surface area (Å²) in [7, 11) is -3.19. The molecule has 0 saturated carbocycles. The summed E-state index contributed by atoms with van der Waals surface area (Å²) in [5, 5.41) is 3.82. The van der Waals surface area contributed by atoms with Crippen molar-refractivity contribution in [3.05, 3.63) is 54.4 Å². The van der Waals surface area contributed by atoms with Crippen molar-refractivity contribution in [1.82, 2.24) is 14.3 Å². The van der Waals surface area contributed by atoms with Crippen LogP contribution in [0.4, 0.5) is 14.6 Å². The van der Waals surface area contributed by atoms with Gasteiger partial charge >= 0.3 is 0 Å². The van der Waals surface area contributed by atoms with Crippen molar-refractivity contribution in [2.45, 2.75) is 18.9 Å². The van der Waals surface area contributed by atoms with Crippen molar-refractivity contribution >= 4 is 26.7 Å². The van der Waals surface area contributed by atoms with E-state index in [-0.39, 0.29) is 17.1 Å².